The van der Waals surface area contributed by atoms with Gasteiger partial charge in [-0.1, -0.05) is 32.9 Å². The molecule has 0 bridgehead atoms. The van der Waals surface area contributed by atoms with Crippen LogP contribution >= 0.6 is 0 Å². The second-order valence-electron chi connectivity index (χ2n) is 5.66. The number of hydrogen-bond donors (Lipinski definition) is 1. The molecule has 0 aliphatic carbocycles. The van der Waals surface area contributed by atoms with Crippen LogP contribution < -0.4 is 5.73 Å². The first-order valence-corrected chi connectivity index (χ1v) is 6.59. The Labute approximate surface area is 110 Å². The van der Waals surface area contributed by atoms with E-state index in [0.717, 1.165) is 18.7 Å². The number of hydrogen-bond acceptors (Lipinski definition) is 2. The van der Waals surface area contributed by atoms with Crippen LogP contribution in [0.15, 0.2) is 24.3 Å². The molecule has 1 unspecified atom stereocenters. The van der Waals surface area contributed by atoms with Crippen LogP contribution in [0, 0.1) is 11.2 Å². The van der Waals surface area contributed by atoms with Crippen molar-refractivity contribution in [1.82, 2.24) is 4.90 Å². The van der Waals surface area contributed by atoms with Crippen molar-refractivity contribution in [2.24, 2.45) is 11.1 Å². The highest BCUT2D eigenvalue weighted by atomic mass is 19.1. The van der Waals surface area contributed by atoms with Crippen molar-refractivity contribution in [3.63, 3.8) is 0 Å². The van der Waals surface area contributed by atoms with Crippen LogP contribution in [-0.4, -0.2) is 24.5 Å². The molecule has 1 atom stereocenters. The topological polar surface area (TPSA) is 29.3 Å². The fourth-order valence-electron chi connectivity index (χ4n) is 2.09. The maximum Gasteiger partial charge on any atom is 0.123 e. The predicted octanol–water partition coefficient (Wildman–Crippen LogP) is 3.19. The Morgan fingerprint density at radius 3 is 2.28 bits per heavy atom. The molecule has 18 heavy (non-hydrogen) atoms. The zero-order valence-electron chi connectivity index (χ0n) is 11.9. The van der Waals surface area contributed by atoms with E-state index in [1.54, 1.807) is 0 Å². The van der Waals surface area contributed by atoms with Gasteiger partial charge in [-0.2, -0.15) is 0 Å². The SMILES string of the molecule is CCN(CC(C)(C)CN)C(C)c1ccc(F)cc1. The first-order valence-electron chi connectivity index (χ1n) is 6.59. The van der Waals surface area contributed by atoms with Gasteiger partial charge in [0.05, 0.1) is 0 Å². The van der Waals surface area contributed by atoms with Gasteiger partial charge in [0.2, 0.25) is 0 Å². The minimum atomic E-state index is -0.184. The van der Waals surface area contributed by atoms with Gasteiger partial charge < -0.3 is 5.73 Å². The molecule has 0 spiro atoms. The Morgan fingerprint density at radius 1 is 1.28 bits per heavy atom. The van der Waals surface area contributed by atoms with E-state index in [2.05, 4.69) is 32.6 Å². The molecule has 0 aromatic heterocycles. The molecule has 102 valence electrons. The third-order valence-corrected chi connectivity index (χ3v) is 3.49. The maximum absolute atomic E-state index is 12.9. The van der Waals surface area contributed by atoms with Gasteiger partial charge in [0, 0.05) is 12.6 Å². The molecule has 0 heterocycles. The van der Waals surface area contributed by atoms with E-state index >= 15 is 0 Å². The molecular weight excluding hydrogens is 227 g/mol. The summed E-state index contributed by atoms with van der Waals surface area (Å²) in [7, 11) is 0. The summed E-state index contributed by atoms with van der Waals surface area (Å²) in [5.74, 6) is -0.184. The van der Waals surface area contributed by atoms with E-state index in [4.69, 9.17) is 5.73 Å². The second kappa shape index (κ2) is 6.30. The lowest BCUT2D eigenvalue weighted by molar-refractivity contribution is 0.148. The number of rotatable bonds is 6. The molecule has 0 amide bonds. The zero-order valence-corrected chi connectivity index (χ0v) is 11.9. The van der Waals surface area contributed by atoms with E-state index in [0.29, 0.717) is 6.54 Å². The average molecular weight is 252 g/mol. The van der Waals surface area contributed by atoms with Crippen LogP contribution in [0.25, 0.3) is 0 Å². The maximum atomic E-state index is 12.9. The summed E-state index contributed by atoms with van der Waals surface area (Å²) in [6, 6.07) is 7.04. The first kappa shape index (κ1) is 15.1. The third kappa shape index (κ3) is 4.07. The quantitative estimate of drug-likeness (QED) is 0.842. The molecule has 2 nitrogen and oxygen atoms in total. The largest absolute Gasteiger partial charge is 0.330 e. The lowest BCUT2D eigenvalue weighted by Crippen LogP contribution is -2.39. The fourth-order valence-corrected chi connectivity index (χ4v) is 2.09. The van der Waals surface area contributed by atoms with Gasteiger partial charge in [0.1, 0.15) is 5.82 Å². The Balaban J connectivity index is 2.79. The monoisotopic (exact) mass is 252 g/mol. The van der Waals surface area contributed by atoms with Crippen molar-refractivity contribution < 1.29 is 4.39 Å². The van der Waals surface area contributed by atoms with E-state index < -0.39 is 0 Å². The normalized spacial score (nSPS) is 13.9. The van der Waals surface area contributed by atoms with Gasteiger partial charge in [-0.3, -0.25) is 4.90 Å². The second-order valence-corrected chi connectivity index (χ2v) is 5.66. The van der Waals surface area contributed by atoms with Gasteiger partial charge in [0.25, 0.3) is 0 Å². The van der Waals surface area contributed by atoms with E-state index in [9.17, 15) is 4.39 Å². The van der Waals surface area contributed by atoms with Crippen LogP contribution in [0.4, 0.5) is 4.39 Å². The van der Waals surface area contributed by atoms with Crippen LogP contribution in [0.1, 0.15) is 39.3 Å². The first-order chi connectivity index (χ1) is 8.39. The van der Waals surface area contributed by atoms with Gasteiger partial charge in [-0.05, 0) is 43.1 Å². The molecule has 0 saturated heterocycles. The summed E-state index contributed by atoms with van der Waals surface area (Å²) in [5, 5.41) is 0. The van der Waals surface area contributed by atoms with Gasteiger partial charge in [0.15, 0.2) is 0 Å². The molecule has 0 aliphatic rings. The molecule has 1 aromatic carbocycles. The van der Waals surface area contributed by atoms with Crippen molar-refractivity contribution in [2.45, 2.75) is 33.7 Å². The average Bonchev–Trinajstić information content (AvgIpc) is 2.36. The minimum Gasteiger partial charge on any atom is -0.330 e. The molecular formula is C15H25FN2. The smallest absolute Gasteiger partial charge is 0.123 e. The van der Waals surface area contributed by atoms with Crippen molar-refractivity contribution >= 4 is 0 Å². The summed E-state index contributed by atoms with van der Waals surface area (Å²) in [6.07, 6.45) is 0. The molecule has 1 aromatic rings. The number of benzene rings is 1. The van der Waals surface area contributed by atoms with Gasteiger partial charge in [-0.15, -0.1) is 0 Å². The predicted molar refractivity (Wildman–Crippen MR) is 74.9 cm³/mol. The lowest BCUT2D eigenvalue weighted by atomic mass is 9.92. The standard InChI is InChI=1S/C15H25FN2/c1-5-18(11-15(3,4)10-17)12(2)13-6-8-14(16)9-7-13/h6-9,12H,5,10-11,17H2,1-4H3. The van der Waals surface area contributed by atoms with Crippen molar-refractivity contribution in [2.75, 3.05) is 19.6 Å². The molecule has 0 fully saturated rings. The highest BCUT2D eigenvalue weighted by molar-refractivity contribution is 5.19. The van der Waals surface area contributed by atoms with E-state index in [1.165, 1.54) is 12.1 Å². The molecule has 0 saturated carbocycles. The van der Waals surface area contributed by atoms with Crippen LogP contribution in [0.3, 0.4) is 0 Å². The number of nitrogens with two attached hydrogens (primary N) is 1. The van der Waals surface area contributed by atoms with Crippen molar-refractivity contribution in [3.05, 3.63) is 35.6 Å². The fraction of sp³-hybridized carbons (Fsp3) is 0.600. The number of halogens is 1. The lowest BCUT2D eigenvalue weighted by Gasteiger charge is -2.35. The summed E-state index contributed by atoms with van der Waals surface area (Å²) in [4.78, 5) is 2.38. The summed E-state index contributed by atoms with van der Waals surface area (Å²) in [5.41, 5.74) is 7.04. The molecule has 0 radical (unpaired) electrons. The Bertz CT molecular complexity index is 359. The summed E-state index contributed by atoms with van der Waals surface area (Å²) >= 11 is 0. The highest BCUT2D eigenvalue weighted by Crippen LogP contribution is 2.24. The molecule has 1 rings (SSSR count). The van der Waals surface area contributed by atoms with Crippen LogP contribution in [-0.2, 0) is 0 Å². The Hall–Kier alpha value is -0.930. The van der Waals surface area contributed by atoms with Crippen molar-refractivity contribution in [3.8, 4) is 0 Å². The van der Waals surface area contributed by atoms with E-state index in [-0.39, 0.29) is 17.3 Å². The summed E-state index contributed by atoms with van der Waals surface area (Å²) in [6.45, 7) is 11.2. The Kier molecular flexibility index (Phi) is 5.29. The highest BCUT2D eigenvalue weighted by Gasteiger charge is 2.23. The van der Waals surface area contributed by atoms with Gasteiger partial charge in [-0.25, -0.2) is 4.39 Å². The number of nitrogens with zero attached hydrogens (tertiary/aromatic N) is 1. The van der Waals surface area contributed by atoms with Gasteiger partial charge >= 0.3 is 0 Å². The van der Waals surface area contributed by atoms with Crippen LogP contribution in [0.2, 0.25) is 0 Å². The van der Waals surface area contributed by atoms with E-state index in [1.807, 2.05) is 12.1 Å². The van der Waals surface area contributed by atoms with Crippen LogP contribution in [0.5, 0.6) is 0 Å². The minimum absolute atomic E-state index is 0.101. The van der Waals surface area contributed by atoms with Crippen molar-refractivity contribution in [1.29, 1.82) is 0 Å². The summed E-state index contributed by atoms with van der Waals surface area (Å²) < 4.78 is 12.9. The molecule has 3 heteroatoms. The zero-order chi connectivity index (χ0) is 13.8. The Morgan fingerprint density at radius 2 is 1.83 bits per heavy atom. The molecule has 0 aliphatic heterocycles. The third-order valence-electron chi connectivity index (χ3n) is 3.49. The molecule has 2 N–H and O–H groups in total.